The molecule has 0 bridgehead atoms. The number of amides is 1. The van der Waals surface area contributed by atoms with Crippen LogP contribution >= 0.6 is 11.3 Å². The van der Waals surface area contributed by atoms with E-state index in [0.29, 0.717) is 23.1 Å². The SMILES string of the molecule is [C-]#[N+]C(=Cc1ccc(Cc2cnc3[nH]cc(C(=O)C(C)(C)C)c3n2)s1)C(=O)N(C)C. The van der Waals surface area contributed by atoms with Gasteiger partial charge < -0.3 is 9.88 Å². The van der Waals surface area contributed by atoms with Crippen LogP contribution < -0.4 is 0 Å². The van der Waals surface area contributed by atoms with Gasteiger partial charge in [0.15, 0.2) is 11.4 Å². The van der Waals surface area contributed by atoms with Crippen molar-refractivity contribution in [2.45, 2.75) is 27.2 Å². The molecule has 1 N–H and O–H groups in total. The lowest BCUT2D eigenvalue weighted by Gasteiger charge is -2.15. The molecule has 0 aromatic carbocycles. The Kier molecular flexibility index (Phi) is 5.85. The number of aromatic amines is 1. The quantitative estimate of drug-likeness (QED) is 0.380. The zero-order valence-electron chi connectivity index (χ0n) is 17.6. The summed E-state index contributed by atoms with van der Waals surface area (Å²) in [6.45, 7) is 12.9. The number of hydrogen-bond acceptors (Lipinski definition) is 5. The summed E-state index contributed by atoms with van der Waals surface area (Å²) in [6.07, 6.45) is 5.51. The van der Waals surface area contributed by atoms with Crippen LogP contribution in [0.1, 0.15) is 46.6 Å². The monoisotopic (exact) mass is 421 g/mol. The average Bonchev–Trinajstić information content (AvgIpc) is 3.30. The summed E-state index contributed by atoms with van der Waals surface area (Å²) in [5.41, 5.74) is 2.03. The van der Waals surface area contributed by atoms with Gasteiger partial charge in [0.25, 0.3) is 11.6 Å². The van der Waals surface area contributed by atoms with Gasteiger partial charge in [0.05, 0.1) is 24.0 Å². The Morgan fingerprint density at radius 3 is 2.67 bits per heavy atom. The zero-order valence-corrected chi connectivity index (χ0v) is 18.4. The van der Waals surface area contributed by atoms with Crippen molar-refractivity contribution in [2.24, 2.45) is 5.41 Å². The molecule has 0 atom stereocenters. The Hall–Kier alpha value is -3.31. The van der Waals surface area contributed by atoms with Crippen molar-refractivity contribution in [1.82, 2.24) is 19.9 Å². The molecule has 3 rings (SSSR count). The molecule has 30 heavy (non-hydrogen) atoms. The van der Waals surface area contributed by atoms with Crippen molar-refractivity contribution in [1.29, 1.82) is 0 Å². The minimum absolute atomic E-state index is 0.0148. The lowest BCUT2D eigenvalue weighted by atomic mass is 9.87. The first-order valence-electron chi connectivity index (χ1n) is 9.37. The van der Waals surface area contributed by atoms with E-state index < -0.39 is 5.41 Å². The number of Topliss-reactive ketones (excluding diaryl/α,β-unsaturated/α-hetero) is 1. The van der Waals surface area contributed by atoms with Crippen molar-refractivity contribution in [3.63, 3.8) is 0 Å². The Labute approximate surface area is 179 Å². The molecule has 1 amide bonds. The highest BCUT2D eigenvalue weighted by atomic mass is 32.1. The second-order valence-corrected chi connectivity index (χ2v) is 9.36. The van der Waals surface area contributed by atoms with Crippen molar-refractivity contribution < 1.29 is 9.59 Å². The summed E-state index contributed by atoms with van der Waals surface area (Å²) in [6, 6.07) is 3.83. The second kappa shape index (κ2) is 8.20. The van der Waals surface area contributed by atoms with E-state index in [0.717, 1.165) is 15.4 Å². The molecule has 0 radical (unpaired) electrons. The molecule has 7 nitrogen and oxygen atoms in total. The van der Waals surface area contributed by atoms with Crippen LogP contribution in [0, 0.1) is 12.0 Å². The largest absolute Gasteiger partial charge is 0.354 e. The Balaban J connectivity index is 1.87. The third kappa shape index (κ3) is 4.47. The zero-order chi connectivity index (χ0) is 22.1. The average molecular weight is 422 g/mol. The summed E-state index contributed by atoms with van der Waals surface area (Å²) in [5, 5.41) is 0. The standard InChI is InChI=1S/C22H23N5O2S/c1-22(2,3)19(28)16-12-25-20-18(16)26-13(11-24-20)9-14-7-8-15(30-14)10-17(23-4)21(29)27(5)6/h7-8,10-12H,9H2,1-3,5-6H3,(H,24,25). The number of fused-ring (bicyclic) bond motifs is 1. The molecule has 0 saturated heterocycles. The Morgan fingerprint density at radius 1 is 1.30 bits per heavy atom. The first kappa shape index (κ1) is 21.4. The van der Waals surface area contributed by atoms with Gasteiger partial charge in [0, 0.05) is 41.9 Å². The maximum absolute atomic E-state index is 12.7. The number of nitrogens with one attached hydrogen (secondary N) is 1. The molecule has 3 aromatic heterocycles. The van der Waals surface area contributed by atoms with Crippen molar-refractivity contribution in [3.05, 3.63) is 62.7 Å². The molecule has 0 spiro atoms. The van der Waals surface area contributed by atoms with Crippen molar-refractivity contribution in [2.75, 3.05) is 14.1 Å². The fraction of sp³-hybridized carbons (Fsp3) is 0.318. The molecular weight excluding hydrogens is 398 g/mol. The van der Waals surface area contributed by atoms with Crippen LogP contribution in [-0.4, -0.2) is 45.6 Å². The number of hydrogen-bond donors (Lipinski definition) is 1. The summed E-state index contributed by atoms with van der Waals surface area (Å²) in [4.78, 5) is 43.4. The Bertz CT molecular complexity index is 1190. The number of likely N-dealkylation sites (N-methyl/N-ethyl adjacent to an activating group) is 1. The third-order valence-corrected chi connectivity index (χ3v) is 5.45. The van der Waals surface area contributed by atoms with E-state index in [4.69, 9.17) is 6.57 Å². The smallest absolute Gasteiger partial charge is 0.252 e. The summed E-state index contributed by atoms with van der Waals surface area (Å²) in [5.74, 6) is -0.305. The van der Waals surface area contributed by atoms with E-state index in [1.807, 2.05) is 32.9 Å². The maximum atomic E-state index is 12.7. The van der Waals surface area contributed by atoms with Crippen LogP contribution in [0.15, 0.2) is 30.2 Å². The molecule has 0 saturated carbocycles. The number of nitrogens with zero attached hydrogens (tertiary/aromatic N) is 4. The summed E-state index contributed by atoms with van der Waals surface area (Å²) < 4.78 is 0. The molecule has 0 aliphatic carbocycles. The first-order valence-corrected chi connectivity index (χ1v) is 10.2. The van der Waals surface area contributed by atoms with Gasteiger partial charge >= 0.3 is 0 Å². The van der Waals surface area contributed by atoms with Gasteiger partial charge in [0.1, 0.15) is 5.52 Å². The van der Waals surface area contributed by atoms with Crippen LogP contribution in [0.5, 0.6) is 0 Å². The van der Waals surface area contributed by atoms with Crippen LogP contribution in [0.25, 0.3) is 22.1 Å². The Morgan fingerprint density at radius 2 is 2.03 bits per heavy atom. The molecule has 0 aliphatic heterocycles. The molecule has 8 heteroatoms. The second-order valence-electron chi connectivity index (χ2n) is 8.16. The van der Waals surface area contributed by atoms with Crippen LogP contribution in [0.2, 0.25) is 0 Å². The predicted octanol–water partition coefficient (Wildman–Crippen LogP) is 4.19. The molecule has 0 aliphatic rings. The van der Waals surface area contributed by atoms with Gasteiger partial charge in [-0.1, -0.05) is 20.8 Å². The number of ketones is 1. The van der Waals surface area contributed by atoms with Gasteiger partial charge in [-0.25, -0.2) is 14.8 Å². The van der Waals surface area contributed by atoms with E-state index in [9.17, 15) is 9.59 Å². The van der Waals surface area contributed by atoms with E-state index >= 15 is 0 Å². The highest BCUT2D eigenvalue weighted by Crippen LogP contribution is 2.26. The summed E-state index contributed by atoms with van der Waals surface area (Å²) >= 11 is 1.49. The lowest BCUT2D eigenvalue weighted by Crippen LogP contribution is -2.22. The van der Waals surface area contributed by atoms with Crippen LogP contribution in [-0.2, 0) is 11.2 Å². The highest BCUT2D eigenvalue weighted by Gasteiger charge is 2.26. The number of carbonyl (C=O) groups is 2. The minimum atomic E-state index is -0.508. The highest BCUT2D eigenvalue weighted by molar-refractivity contribution is 7.12. The topological polar surface area (TPSA) is 83.3 Å². The van der Waals surface area contributed by atoms with Gasteiger partial charge in [-0.2, -0.15) is 0 Å². The normalized spacial score (nSPS) is 12.1. The van der Waals surface area contributed by atoms with E-state index in [2.05, 4.69) is 19.8 Å². The molecular formula is C22H23N5O2S. The number of H-pyrrole nitrogens is 1. The first-order chi connectivity index (χ1) is 14.1. The van der Waals surface area contributed by atoms with E-state index in [-0.39, 0.29) is 17.4 Å². The number of aromatic nitrogens is 3. The van der Waals surface area contributed by atoms with Gasteiger partial charge in [-0.15, -0.1) is 11.3 Å². The number of carbonyl (C=O) groups excluding carboxylic acids is 2. The van der Waals surface area contributed by atoms with Crippen LogP contribution in [0.3, 0.4) is 0 Å². The van der Waals surface area contributed by atoms with Crippen LogP contribution in [0.4, 0.5) is 0 Å². The van der Waals surface area contributed by atoms with Gasteiger partial charge in [-0.05, 0) is 18.2 Å². The fourth-order valence-electron chi connectivity index (χ4n) is 2.84. The van der Waals surface area contributed by atoms with E-state index in [1.165, 1.54) is 16.2 Å². The fourth-order valence-corrected chi connectivity index (χ4v) is 3.81. The minimum Gasteiger partial charge on any atom is -0.354 e. The molecule has 0 fully saturated rings. The molecule has 154 valence electrons. The molecule has 3 aromatic rings. The molecule has 0 unspecified atom stereocenters. The lowest BCUT2D eigenvalue weighted by molar-refractivity contribution is -0.124. The van der Waals surface area contributed by atoms with Gasteiger partial charge in [0.2, 0.25) is 0 Å². The number of rotatable bonds is 5. The predicted molar refractivity (Wildman–Crippen MR) is 118 cm³/mol. The number of thiophene rings is 1. The van der Waals surface area contributed by atoms with Crippen molar-refractivity contribution in [3.8, 4) is 0 Å². The third-order valence-electron chi connectivity index (χ3n) is 4.42. The molecule has 3 heterocycles. The maximum Gasteiger partial charge on any atom is 0.252 e. The van der Waals surface area contributed by atoms with Crippen molar-refractivity contribution >= 4 is 40.3 Å². The van der Waals surface area contributed by atoms with E-state index in [1.54, 1.807) is 32.6 Å². The summed E-state index contributed by atoms with van der Waals surface area (Å²) in [7, 11) is 3.24. The van der Waals surface area contributed by atoms with Gasteiger partial charge in [-0.3, -0.25) is 9.59 Å².